The summed E-state index contributed by atoms with van der Waals surface area (Å²) < 4.78 is 19.5. The van der Waals surface area contributed by atoms with Crippen molar-refractivity contribution in [3.63, 3.8) is 0 Å². The van der Waals surface area contributed by atoms with E-state index in [9.17, 15) is 9.18 Å². The Bertz CT molecular complexity index is 988. The van der Waals surface area contributed by atoms with Crippen LogP contribution in [0.15, 0.2) is 72.2 Å². The van der Waals surface area contributed by atoms with Crippen LogP contribution in [0.25, 0.3) is 11.4 Å². The number of methoxy groups -OCH3 is 1. The minimum Gasteiger partial charge on any atom is -0.497 e. The number of halogens is 1. The van der Waals surface area contributed by atoms with Crippen LogP contribution in [0.3, 0.4) is 0 Å². The van der Waals surface area contributed by atoms with Gasteiger partial charge < -0.3 is 15.4 Å². The molecule has 1 aromatic heterocycles. The first-order chi connectivity index (χ1) is 15.1. The molecule has 0 saturated heterocycles. The van der Waals surface area contributed by atoms with Gasteiger partial charge in [0, 0.05) is 37.0 Å². The summed E-state index contributed by atoms with van der Waals surface area (Å²) in [5.41, 5.74) is 1.51. The number of carbonyl (C=O) groups is 1. The summed E-state index contributed by atoms with van der Waals surface area (Å²) in [6.45, 7) is 4.45. The maximum atomic E-state index is 13.1. The average Bonchev–Trinajstić information content (AvgIpc) is 3.11. The largest absolute Gasteiger partial charge is 0.497 e. The summed E-state index contributed by atoms with van der Waals surface area (Å²) in [6.07, 6.45) is 11.8. The van der Waals surface area contributed by atoms with E-state index in [1.807, 2.05) is 38.2 Å². The first kappa shape index (κ1) is 23.6. The van der Waals surface area contributed by atoms with Crippen LogP contribution in [0.1, 0.15) is 25.1 Å². The Balaban J connectivity index is 0.00000166. The van der Waals surface area contributed by atoms with E-state index in [-0.39, 0.29) is 11.7 Å². The number of nitrogens with one attached hydrogen (secondary N) is 2. The van der Waals surface area contributed by atoms with E-state index < -0.39 is 0 Å². The smallest absolute Gasteiger partial charge is 0.273 e. The monoisotopic (exact) mass is 425 g/mol. The molecule has 0 saturated carbocycles. The molecule has 0 radical (unpaired) electrons. The summed E-state index contributed by atoms with van der Waals surface area (Å²) in [7, 11) is 3.28. The molecule has 2 N–H and O–H groups in total. The lowest BCUT2D eigenvalue weighted by molar-refractivity contribution is 0.0956. The van der Waals surface area contributed by atoms with Crippen molar-refractivity contribution in [1.82, 2.24) is 20.1 Å². The molecule has 0 bridgehead atoms. The molecule has 2 aromatic rings. The number of carbonyl (C=O) groups excluding carboxylic acids is 1. The van der Waals surface area contributed by atoms with Crippen molar-refractivity contribution in [1.29, 1.82) is 0 Å². The summed E-state index contributed by atoms with van der Waals surface area (Å²) >= 11 is 0. The fourth-order valence-corrected chi connectivity index (χ4v) is 2.65. The second-order valence-corrected chi connectivity index (χ2v) is 6.10. The maximum Gasteiger partial charge on any atom is 0.273 e. The van der Waals surface area contributed by atoms with Crippen LogP contribution in [0.2, 0.25) is 0 Å². The van der Waals surface area contributed by atoms with Gasteiger partial charge in [0.15, 0.2) is 5.82 Å². The van der Waals surface area contributed by atoms with Gasteiger partial charge in [-0.05, 0) is 42.8 Å². The Hall–Kier alpha value is -3.68. The van der Waals surface area contributed by atoms with E-state index in [4.69, 9.17) is 4.74 Å². The van der Waals surface area contributed by atoms with E-state index in [2.05, 4.69) is 20.7 Å². The molecule has 0 amide bonds. The molecule has 1 aromatic carbocycles. The standard InChI is InChI=1S/C21H22FN5O2.C2H6/c1-23-21-25-20(15-9-11-16(22)12-10-15)26-27(21)19(28)8-5-13-24-17-6-3-4-7-18(14-17)29-2;1-2/h3,5-12,14,24H,4,13H2,1-2H3,(H,23,25,26);1-2H3/b8-5+;. The summed E-state index contributed by atoms with van der Waals surface area (Å²) in [5.74, 6) is 0.727. The zero-order valence-corrected chi connectivity index (χ0v) is 18.2. The van der Waals surface area contributed by atoms with Gasteiger partial charge in [-0.3, -0.25) is 4.79 Å². The minimum atomic E-state index is -0.347. The SMILES string of the molecule is CC.CNc1nc(-c2ccc(F)cc2)nn1C(=O)/C=C/CNC1=CC(OC)=CCC=C1. The van der Waals surface area contributed by atoms with E-state index >= 15 is 0 Å². The number of benzene rings is 1. The van der Waals surface area contributed by atoms with Gasteiger partial charge in [-0.1, -0.05) is 26.0 Å². The van der Waals surface area contributed by atoms with Gasteiger partial charge >= 0.3 is 0 Å². The maximum absolute atomic E-state index is 13.1. The minimum absolute atomic E-state index is 0.302. The van der Waals surface area contributed by atoms with Gasteiger partial charge in [0.1, 0.15) is 11.6 Å². The number of allylic oxidation sites excluding steroid dienone is 5. The Kier molecular flexibility index (Phi) is 9.22. The van der Waals surface area contributed by atoms with Crippen molar-refractivity contribution in [3.05, 3.63) is 78.0 Å². The van der Waals surface area contributed by atoms with Crippen molar-refractivity contribution in [2.45, 2.75) is 20.3 Å². The molecule has 7 nitrogen and oxygen atoms in total. The Labute approximate surface area is 182 Å². The lowest BCUT2D eigenvalue weighted by Crippen LogP contribution is -2.15. The summed E-state index contributed by atoms with van der Waals surface area (Å²) in [5, 5.41) is 10.3. The molecule has 0 fully saturated rings. The van der Waals surface area contributed by atoms with Crippen LogP contribution in [0.4, 0.5) is 10.3 Å². The zero-order valence-electron chi connectivity index (χ0n) is 18.2. The number of hydrogen-bond acceptors (Lipinski definition) is 6. The summed E-state index contributed by atoms with van der Waals surface area (Å²) in [4.78, 5) is 16.8. The third kappa shape index (κ3) is 6.67. The third-order valence-corrected chi connectivity index (χ3v) is 4.11. The molecule has 0 aliphatic heterocycles. The predicted molar refractivity (Wildman–Crippen MR) is 121 cm³/mol. The molecule has 3 rings (SSSR count). The highest BCUT2D eigenvalue weighted by molar-refractivity contribution is 5.91. The van der Waals surface area contributed by atoms with E-state index in [0.717, 1.165) is 17.9 Å². The number of rotatable bonds is 7. The van der Waals surface area contributed by atoms with Gasteiger partial charge in [0.05, 0.1) is 7.11 Å². The normalized spacial score (nSPS) is 12.9. The Morgan fingerprint density at radius 3 is 2.71 bits per heavy atom. The van der Waals surface area contributed by atoms with Gasteiger partial charge in [-0.2, -0.15) is 9.67 Å². The lowest BCUT2D eigenvalue weighted by atomic mass is 10.2. The van der Waals surface area contributed by atoms with Crippen molar-refractivity contribution in [2.24, 2.45) is 0 Å². The zero-order chi connectivity index (χ0) is 22.6. The van der Waals surface area contributed by atoms with Crippen LogP contribution in [-0.2, 0) is 4.74 Å². The molecular weight excluding hydrogens is 397 g/mol. The second kappa shape index (κ2) is 12.1. The van der Waals surface area contributed by atoms with Gasteiger partial charge in [-0.25, -0.2) is 4.39 Å². The van der Waals surface area contributed by atoms with Crippen LogP contribution < -0.4 is 10.6 Å². The number of anilines is 1. The molecule has 31 heavy (non-hydrogen) atoms. The van der Waals surface area contributed by atoms with Crippen molar-refractivity contribution in [3.8, 4) is 11.4 Å². The number of aromatic nitrogens is 3. The van der Waals surface area contributed by atoms with E-state index in [1.165, 1.54) is 22.9 Å². The molecule has 0 spiro atoms. The molecule has 0 atom stereocenters. The van der Waals surface area contributed by atoms with Gasteiger partial charge in [-0.15, -0.1) is 5.10 Å². The molecule has 164 valence electrons. The number of hydrogen-bond donors (Lipinski definition) is 2. The molecule has 8 heteroatoms. The highest BCUT2D eigenvalue weighted by Gasteiger charge is 2.14. The van der Waals surface area contributed by atoms with E-state index in [0.29, 0.717) is 23.9 Å². The van der Waals surface area contributed by atoms with Crippen molar-refractivity contribution in [2.75, 3.05) is 26.0 Å². The fraction of sp³-hybridized carbons (Fsp3) is 0.261. The van der Waals surface area contributed by atoms with Gasteiger partial charge in [0.2, 0.25) is 5.95 Å². The van der Waals surface area contributed by atoms with Gasteiger partial charge in [0.25, 0.3) is 5.91 Å². The Morgan fingerprint density at radius 1 is 1.29 bits per heavy atom. The number of nitrogens with zero attached hydrogens (tertiary/aromatic N) is 3. The molecule has 1 aliphatic carbocycles. The first-order valence-corrected chi connectivity index (χ1v) is 10.1. The molecule has 1 aliphatic rings. The highest BCUT2D eigenvalue weighted by Crippen LogP contribution is 2.18. The quantitative estimate of drug-likeness (QED) is 0.644. The average molecular weight is 426 g/mol. The van der Waals surface area contributed by atoms with E-state index in [1.54, 1.807) is 32.4 Å². The van der Waals surface area contributed by atoms with Crippen LogP contribution in [-0.4, -0.2) is 41.4 Å². The molecule has 0 unspecified atom stereocenters. The van der Waals surface area contributed by atoms with Crippen LogP contribution in [0.5, 0.6) is 0 Å². The number of ether oxygens (including phenoxy) is 1. The molecule has 1 heterocycles. The second-order valence-electron chi connectivity index (χ2n) is 6.10. The van der Waals surface area contributed by atoms with Crippen molar-refractivity contribution < 1.29 is 13.9 Å². The highest BCUT2D eigenvalue weighted by atomic mass is 19.1. The van der Waals surface area contributed by atoms with Crippen LogP contribution in [0, 0.1) is 5.82 Å². The Morgan fingerprint density at radius 2 is 2.03 bits per heavy atom. The fourth-order valence-electron chi connectivity index (χ4n) is 2.65. The summed E-state index contributed by atoms with van der Waals surface area (Å²) in [6, 6.07) is 5.78. The third-order valence-electron chi connectivity index (χ3n) is 4.11. The van der Waals surface area contributed by atoms with Crippen LogP contribution >= 0.6 is 0 Å². The van der Waals surface area contributed by atoms with Crippen molar-refractivity contribution >= 4 is 11.9 Å². The predicted octanol–water partition coefficient (Wildman–Crippen LogP) is 4.31. The lowest BCUT2D eigenvalue weighted by Gasteiger charge is -2.05. The topological polar surface area (TPSA) is 81.1 Å². The first-order valence-electron chi connectivity index (χ1n) is 10.1. The molecular formula is C23H28FN5O2.